The molecule has 1 aromatic carbocycles. The lowest BCUT2D eigenvalue weighted by Crippen LogP contribution is -2.37. The topological polar surface area (TPSA) is 71.7 Å². The summed E-state index contributed by atoms with van der Waals surface area (Å²) in [4.78, 5) is 4.30. The van der Waals surface area contributed by atoms with Crippen LogP contribution in [0, 0.1) is 0 Å². The third-order valence-corrected chi connectivity index (χ3v) is 2.63. The Balaban J connectivity index is 2.51. The first-order valence-corrected chi connectivity index (χ1v) is 6.81. The number of nitrogens with two attached hydrogens (primary N) is 1. The summed E-state index contributed by atoms with van der Waals surface area (Å²) >= 11 is 0. The number of ether oxygens (including phenoxy) is 1. The van der Waals surface area contributed by atoms with Gasteiger partial charge in [-0.05, 0) is 26.8 Å². The van der Waals surface area contributed by atoms with Gasteiger partial charge in [-0.3, -0.25) is 4.99 Å². The maximum absolute atomic E-state index is 5.89. The highest BCUT2D eigenvalue weighted by Crippen LogP contribution is 2.15. The van der Waals surface area contributed by atoms with E-state index in [1.54, 1.807) is 7.11 Å². The highest BCUT2D eigenvalue weighted by atomic mass is 16.5. The van der Waals surface area contributed by atoms with Crippen molar-refractivity contribution in [3.63, 3.8) is 0 Å². The summed E-state index contributed by atoms with van der Waals surface area (Å²) in [5.74, 6) is 0.421. The van der Waals surface area contributed by atoms with Crippen LogP contribution in [0.5, 0.6) is 0 Å². The second kappa shape index (κ2) is 7.87. The number of para-hydroxylation sites is 1. The lowest BCUT2D eigenvalue weighted by molar-refractivity contribution is 0.185. The number of rotatable bonds is 6. The van der Waals surface area contributed by atoms with Crippen LogP contribution in [-0.4, -0.2) is 31.7 Å². The first kappa shape index (κ1) is 16.5. The van der Waals surface area contributed by atoms with E-state index in [0.717, 1.165) is 17.8 Å². The van der Waals surface area contributed by atoms with E-state index in [-0.39, 0.29) is 5.54 Å². The van der Waals surface area contributed by atoms with Crippen molar-refractivity contribution in [3.8, 4) is 0 Å². The van der Waals surface area contributed by atoms with E-state index in [2.05, 4.69) is 36.4 Å². The molecule has 0 heterocycles. The first-order valence-electron chi connectivity index (χ1n) is 6.81. The molecule has 0 spiro atoms. The summed E-state index contributed by atoms with van der Waals surface area (Å²) in [6.07, 6.45) is 0. The van der Waals surface area contributed by atoms with Crippen molar-refractivity contribution in [1.82, 2.24) is 5.32 Å². The number of anilines is 1. The highest BCUT2D eigenvalue weighted by molar-refractivity contribution is 5.92. The molecule has 0 aliphatic rings. The van der Waals surface area contributed by atoms with Gasteiger partial charge >= 0.3 is 0 Å². The van der Waals surface area contributed by atoms with Gasteiger partial charge in [0.05, 0.1) is 13.2 Å². The van der Waals surface area contributed by atoms with E-state index in [0.29, 0.717) is 19.1 Å². The third kappa shape index (κ3) is 6.54. The highest BCUT2D eigenvalue weighted by Gasteiger charge is 2.07. The van der Waals surface area contributed by atoms with E-state index in [1.165, 1.54) is 0 Å². The van der Waals surface area contributed by atoms with Gasteiger partial charge in [-0.15, -0.1) is 0 Å². The number of aliphatic imine (C=N–C) groups is 1. The zero-order valence-corrected chi connectivity index (χ0v) is 12.9. The Hall–Kier alpha value is -1.59. The van der Waals surface area contributed by atoms with Crippen LogP contribution in [0.4, 0.5) is 5.69 Å². The molecule has 1 aromatic rings. The smallest absolute Gasteiger partial charge is 0.193 e. The van der Waals surface area contributed by atoms with Crippen molar-refractivity contribution in [2.24, 2.45) is 10.7 Å². The number of nitrogens with zero attached hydrogens (tertiary/aromatic N) is 1. The minimum Gasteiger partial charge on any atom is -0.380 e. The normalized spacial score (nSPS) is 12.5. The second-order valence-corrected chi connectivity index (χ2v) is 5.66. The molecule has 4 N–H and O–H groups in total. The lowest BCUT2D eigenvalue weighted by Gasteiger charge is -2.19. The third-order valence-electron chi connectivity index (χ3n) is 2.63. The van der Waals surface area contributed by atoms with Gasteiger partial charge in [0.2, 0.25) is 0 Å². The number of methoxy groups -OCH3 is 1. The summed E-state index contributed by atoms with van der Waals surface area (Å²) in [6, 6.07) is 7.89. The van der Waals surface area contributed by atoms with Crippen LogP contribution in [0.1, 0.15) is 26.3 Å². The van der Waals surface area contributed by atoms with Crippen LogP contribution in [-0.2, 0) is 11.3 Å². The van der Waals surface area contributed by atoms with Crippen molar-refractivity contribution < 1.29 is 4.74 Å². The van der Waals surface area contributed by atoms with E-state index in [4.69, 9.17) is 10.5 Å². The minimum atomic E-state index is 0.1000. The van der Waals surface area contributed by atoms with Gasteiger partial charge in [0.25, 0.3) is 0 Å². The van der Waals surface area contributed by atoms with Gasteiger partial charge in [0.15, 0.2) is 5.96 Å². The van der Waals surface area contributed by atoms with Crippen molar-refractivity contribution >= 4 is 11.6 Å². The number of hydrogen-bond donors (Lipinski definition) is 3. The molecule has 5 heteroatoms. The fourth-order valence-corrected chi connectivity index (χ4v) is 1.71. The maximum atomic E-state index is 5.89. The molecule has 0 saturated heterocycles. The largest absolute Gasteiger partial charge is 0.380 e. The van der Waals surface area contributed by atoms with Crippen LogP contribution in [0.15, 0.2) is 29.3 Å². The van der Waals surface area contributed by atoms with Crippen molar-refractivity contribution in [1.29, 1.82) is 0 Å². The summed E-state index contributed by atoms with van der Waals surface area (Å²) < 4.78 is 5.16. The number of nitrogens with one attached hydrogen (secondary N) is 2. The summed E-state index contributed by atoms with van der Waals surface area (Å²) in [7, 11) is 1.67. The average Bonchev–Trinajstić information content (AvgIpc) is 2.36. The molecule has 0 aliphatic heterocycles. The van der Waals surface area contributed by atoms with E-state index < -0.39 is 0 Å². The molecule has 0 amide bonds. The SMILES string of the molecule is COCc1ccccc1NC(N)=NCCNC(C)(C)C. The van der Waals surface area contributed by atoms with E-state index >= 15 is 0 Å². The lowest BCUT2D eigenvalue weighted by atomic mass is 10.1. The second-order valence-electron chi connectivity index (χ2n) is 5.66. The molecule has 0 atom stereocenters. The summed E-state index contributed by atoms with van der Waals surface area (Å²) in [5, 5.41) is 6.48. The molecule has 0 radical (unpaired) electrons. The zero-order chi connectivity index (χ0) is 15.0. The van der Waals surface area contributed by atoms with Gasteiger partial charge in [0.1, 0.15) is 0 Å². The maximum Gasteiger partial charge on any atom is 0.193 e. The van der Waals surface area contributed by atoms with Crippen LogP contribution in [0.2, 0.25) is 0 Å². The van der Waals surface area contributed by atoms with Gasteiger partial charge in [0, 0.05) is 30.4 Å². The fraction of sp³-hybridized carbons (Fsp3) is 0.533. The average molecular weight is 278 g/mol. The van der Waals surface area contributed by atoms with Gasteiger partial charge in [-0.1, -0.05) is 18.2 Å². The number of benzene rings is 1. The van der Waals surface area contributed by atoms with Crippen LogP contribution in [0.3, 0.4) is 0 Å². The van der Waals surface area contributed by atoms with Gasteiger partial charge in [-0.25, -0.2) is 0 Å². The Kier molecular flexibility index (Phi) is 6.48. The molecule has 112 valence electrons. The molecule has 0 aliphatic carbocycles. The Morgan fingerprint density at radius 1 is 1.30 bits per heavy atom. The molecular formula is C15H26N4O. The van der Waals surface area contributed by atoms with Crippen molar-refractivity contribution in [3.05, 3.63) is 29.8 Å². The molecule has 5 nitrogen and oxygen atoms in total. The van der Waals surface area contributed by atoms with E-state index in [1.807, 2.05) is 24.3 Å². The number of hydrogen-bond acceptors (Lipinski definition) is 3. The first-order chi connectivity index (χ1) is 9.42. The van der Waals surface area contributed by atoms with Crippen LogP contribution in [0.25, 0.3) is 0 Å². The Labute approximate surface area is 121 Å². The Morgan fingerprint density at radius 3 is 2.65 bits per heavy atom. The number of guanidine groups is 1. The Morgan fingerprint density at radius 2 is 2.00 bits per heavy atom. The molecule has 0 unspecified atom stereocenters. The van der Waals surface area contributed by atoms with Gasteiger partial charge < -0.3 is 21.1 Å². The molecule has 0 bridgehead atoms. The monoisotopic (exact) mass is 278 g/mol. The quantitative estimate of drug-likeness (QED) is 0.422. The van der Waals surface area contributed by atoms with E-state index in [9.17, 15) is 0 Å². The predicted octanol–water partition coefficient (Wildman–Crippen LogP) is 1.95. The van der Waals surface area contributed by atoms with Crippen molar-refractivity contribution in [2.75, 3.05) is 25.5 Å². The fourth-order valence-electron chi connectivity index (χ4n) is 1.71. The molecule has 0 saturated carbocycles. The Bertz CT molecular complexity index is 438. The zero-order valence-electron chi connectivity index (χ0n) is 12.9. The molecule has 20 heavy (non-hydrogen) atoms. The molecule has 1 rings (SSSR count). The molecule has 0 aromatic heterocycles. The molecular weight excluding hydrogens is 252 g/mol. The minimum absolute atomic E-state index is 0.1000. The van der Waals surface area contributed by atoms with Crippen molar-refractivity contribution in [2.45, 2.75) is 32.9 Å². The van der Waals surface area contributed by atoms with Gasteiger partial charge in [-0.2, -0.15) is 0 Å². The summed E-state index contributed by atoms with van der Waals surface area (Å²) in [5.41, 5.74) is 7.98. The van der Waals surface area contributed by atoms with Crippen LogP contribution < -0.4 is 16.4 Å². The summed E-state index contributed by atoms with van der Waals surface area (Å²) in [6.45, 7) is 8.36. The van der Waals surface area contributed by atoms with Crippen LogP contribution >= 0.6 is 0 Å². The standard InChI is InChI=1S/C15H26N4O/c1-15(2,3)18-10-9-17-14(16)19-13-8-6-5-7-12(13)11-20-4/h5-8,18H,9-11H2,1-4H3,(H3,16,17,19). The molecule has 0 fully saturated rings. The predicted molar refractivity (Wildman–Crippen MR) is 85.0 cm³/mol.